The Hall–Kier alpha value is -1.68. The molecule has 1 heterocycles. The summed E-state index contributed by atoms with van der Waals surface area (Å²) in [5.74, 6) is 0.720. The summed E-state index contributed by atoms with van der Waals surface area (Å²) < 4.78 is 26.2. The molecule has 1 fully saturated rings. The van der Waals surface area contributed by atoms with Crippen molar-refractivity contribution in [2.24, 2.45) is 5.92 Å². The number of hydrogen-bond donors (Lipinski definition) is 0. The van der Waals surface area contributed by atoms with E-state index in [1.807, 2.05) is 12.1 Å². The molecule has 0 N–H and O–H groups in total. The van der Waals surface area contributed by atoms with Gasteiger partial charge in [0.25, 0.3) is 0 Å². The quantitative estimate of drug-likeness (QED) is 0.267. The predicted molar refractivity (Wildman–Crippen MR) is 134 cm³/mol. The van der Waals surface area contributed by atoms with E-state index in [2.05, 4.69) is 6.92 Å². The highest BCUT2D eigenvalue weighted by Crippen LogP contribution is 2.30. The number of benzene rings is 1. The van der Waals surface area contributed by atoms with Crippen molar-refractivity contribution < 1.29 is 13.5 Å². The molecule has 3 nitrogen and oxygen atoms in total. The largest absolute Gasteiger partial charge is 0.428 e. The number of aryl methyl sites for hydroxylation is 2. The van der Waals surface area contributed by atoms with Crippen LogP contribution in [0.2, 0.25) is 0 Å². The summed E-state index contributed by atoms with van der Waals surface area (Å²) in [7, 11) is 0. The maximum absolute atomic E-state index is 14.9. The van der Waals surface area contributed by atoms with Crippen molar-refractivity contribution in [3.8, 4) is 0 Å². The third kappa shape index (κ3) is 8.24. The zero-order valence-corrected chi connectivity index (χ0v) is 20.8. The Morgan fingerprint density at radius 3 is 2.33 bits per heavy atom. The molecule has 0 unspecified atom stereocenters. The van der Waals surface area contributed by atoms with Crippen LogP contribution in [0.3, 0.4) is 0 Å². The van der Waals surface area contributed by atoms with Gasteiger partial charge in [0.1, 0.15) is 17.0 Å². The van der Waals surface area contributed by atoms with Crippen LogP contribution < -0.4 is 5.63 Å². The highest BCUT2D eigenvalue weighted by atomic mass is 19.1. The summed E-state index contributed by atoms with van der Waals surface area (Å²) in [6, 6.07) is 5.39. The minimum atomic E-state index is -0.575. The second-order valence-electron chi connectivity index (χ2n) is 10.0. The molecule has 3 rings (SSSR count). The van der Waals surface area contributed by atoms with Crippen LogP contribution in [0.5, 0.6) is 0 Å². The number of ether oxygens (including phenoxy) is 1. The van der Waals surface area contributed by atoms with Gasteiger partial charge in [-0.3, -0.25) is 0 Å². The Morgan fingerprint density at radius 1 is 0.970 bits per heavy atom. The normalized spacial score (nSPS) is 18.8. The Bertz CT molecular complexity index is 896. The van der Waals surface area contributed by atoms with E-state index >= 15 is 0 Å². The van der Waals surface area contributed by atoms with E-state index in [4.69, 9.17) is 9.15 Å². The molecule has 0 saturated heterocycles. The first-order chi connectivity index (χ1) is 16.1. The minimum absolute atomic E-state index is 0.0895. The highest BCUT2D eigenvalue weighted by Gasteiger charge is 2.22. The van der Waals surface area contributed by atoms with E-state index < -0.39 is 11.4 Å². The van der Waals surface area contributed by atoms with Gasteiger partial charge in [0.05, 0.1) is 6.10 Å². The van der Waals surface area contributed by atoms with Crippen LogP contribution in [0.1, 0.15) is 108 Å². The number of unbranched alkanes of at least 4 members (excludes halogenated alkanes) is 8. The molecule has 1 saturated carbocycles. The molecule has 4 heteroatoms. The molecular formula is C29H43FO3. The summed E-state index contributed by atoms with van der Waals surface area (Å²) in [6.45, 7) is 4.88. The van der Waals surface area contributed by atoms with E-state index in [9.17, 15) is 9.18 Å². The molecular weight excluding hydrogens is 415 g/mol. The van der Waals surface area contributed by atoms with Crippen LogP contribution in [0, 0.1) is 18.7 Å². The van der Waals surface area contributed by atoms with Gasteiger partial charge in [0, 0.05) is 6.61 Å². The monoisotopic (exact) mass is 458 g/mol. The Labute approximate surface area is 199 Å². The first-order valence-corrected chi connectivity index (χ1v) is 13.4. The van der Waals surface area contributed by atoms with Gasteiger partial charge in [-0.15, -0.1) is 0 Å². The fraction of sp³-hybridized carbons (Fsp3) is 0.690. The Kier molecular flexibility index (Phi) is 10.9. The molecule has 0 radical (unpaired) electrons. The van der Waals surface area contributed by atoms with Gasteiger partial charge in [-0.1, -0.05) is 70.4 Å². The zero-order valence-electron chi connectivity index (χ0n) is 20.8. The van der Waals surface area contributed by atoms with Crippen molar-refractivity contribution in [3.05, 3.63) is 45.8 Å². The standard InChI is InChI=1S/C29H43FO3/c1-3-4-5-6-7-8-9-10-11-20-32-26-18-13-23(14-19-26)12-15-24-16-17-25-21-22(2)33-29(31)27(25)28(24)30/h16-17,21,23,26H,3-15,18-20H2,1-2H3. The average molecular weight is 459 g/mol. The van der Waals surface area contributed by atoms with Gasteiger partial charge in [-0.05, 0) is 74.8 Å². The van der Waals surface area contributed by atoms with Crippen LogP contribution in [-0.2, 0) is 11.2 Å². The van der Waals surface area contributed by atoms with Gasteiger partial charge >= 0.3 is 5.63 Å². The number of hydrogen-bond acceptors (Lipinski definition) is 3. The van der Waals surface area contributed by atoms with Crippen molar-refractivity contribution in [3.63, 3.8) is 0 Å². The van der Waals surface area contributed by atoms with E-state index in [0.717, 1.165) is 38.7 Å². The maximum Gasteiger partial charge on any atom is 0.346 e. The van der Waals surface area contributed by atoms with Crippen LogP contribution in [0.25, 0.3) is 10.8 Å². The fourth-order valence-electron chi connectivity index (χ4n) is 5.21. The molecule has 184 valence electrons. The lowest BCUT2D eigenvalue weighted by Gasteiger charge is -2.28. The second kappa shape index (κ2) is 13.9. The van der Waals surface area contributed by atoms with E-state index in [-0.39, 0.29) is 5.39 Å². The zero-order chi connectivity index (χ0) is 23.5. The van der Waals surface area contributed by atoms with Crippen molar-refractivity contribution in [2.75, 3.05) is 6.61 Å². The smallest absolute Gasteiger partial charge is 0.346 e. The SMILES string of the molecule is CCCCCCCCCCCOC1CCC(CCc2ccc3cc(C)oc(=O)c3c2F)CC1. The lowest BCUT2D eigenvalue weighted by Crippen LogP contribution is -2.22. The van der Waals surface area contributed by atoms with Gasteiger partial charge < -0.3 is 9.15 Å². The molecule has 1 aliphatic rings. The minimum Gasteiger partial charge on any atom is -0.428 e. The van der Waals surface area contributed by atoms with Crippen LogP contribution in [0.15, 0.2) is 27.4 Å². The summed E-state index contributed by atoms with van der Waals surface area (Å²) in [4.78, 5) is 12.1. The van der Waals surface area contributed by atoms with Crippen LogP contribution in [-0.4, -0.2) is 12.7 Å². The molecule has 0 spiro atoms. The molecule has 0 aliphatic heterocycles. The first-order valence-electron chi connectivity index (χ1n) is 13.4. The second-order valence-corrected chi connectivity index (χ2v) is 10.0. The number of rotatable bonds is 14. The molecule has 2 aromatic rings. The Balaban J connectivity index is 1.30. The van der Waals surface area contributed by atoms with Gasteiger partial charge in [0.2, 0.25) is 0 Å². The molecule has 0 bridgehead atoms. The van der Waals surface area contributed by atoms with Crippen LogP contribution in [0.4, 0.5) is 4.39 Å². The van der Waals surface area contributed by atoms with Crippen molar-refractivity contribution in [1.29, 1.82) is 0 Å². The topological polar surface area (TPSA) is 39.4 Å². The highest BCUT2D eigenvalue weighted by molar-refractivity contribution is 5.82. The van der Waals surface area contributed by atoms with E-state index in [1.54, 1.807) is 13.0 Å². The third-order valence-corrected chi connectivity index (χ3v) is 7.29. The summed E-state index contributed by atoms with van der Waals surface area (Å²) in [5.41, 5.74) is 0.0522. The summed E-state index contributed by atoms with van der Waals surface area (Å²) in [6.07, 6.45) is 18.7. The van der Waals surface area contributed by atoms with Crippen molar-refractivity contribution >= 4 is 10.8 Å². The van der Waals surface area contributed by atoms with Crippen molar-refractivity contribution in [2.45, 2.75) is 116 Å². The molecule has 0 amide bonds. The van der Waals surface area contributed by atoms with E-state index in [1.165, 1.54) is 57.8 Å². The lowest BCUT2D eigenvalue weighted by molar-refractivity contribution is 0.0153. The third-order valence-electron chi connectivity index (χ3n) is 7.29. The van der Waals surface area contributed by atoms with E-state index in [0.29, 0.717) is 35.2 Å². The summed E-state index contributed by atoms with van der Waals surface area (Å²) in [5, 5.41) is 0.710. The molecule has 0 atom stereocenters. The van der Waals surface area contributed by atoms with Crippen LogP contribution >= 0.6 is 0 Å². The van der Waals surface area contributed by atoms with Gasteiger partial charge in [0.15, 0.2) is 0 Å². The maximum atomic E-state index is 14.9. The Morgan fingerprint density at radius 2 is 1.64 bits per heavy atom. The van der Waals surface area contributed by atoms with Crippen molar-refractivity contribution in [1.82, 2.24) is 0 Å². The predicted octanol–water partition coefficient (Wildman–Crippen LogP) is 8.28. The number of halogens is 1. The average Bonchev–Trinajstić information content (AvgIpc) is 2.80. The number of fused-ring (bicyclic) bond motifs is 1. The molecule has 1 aromatic heterocycles. The fourth-order valence-corrected chi connectivity index (χ4v) is 5.21. The molecule has 33 heavy (non-hydrogen) atoms. The molecule has 1 aromatic carbocycles. The first kappa shape index (κ1) is 25.9. The van der Waals surface area contributed by atoms with Gasteiger partial charge in [-0.2, -0.15) is 0 Å². The summed E-state index contributed by atoms with van der Waals surface area (Å²) >= 11 is 0. The lowest BCUT2D eigenvalue weighted by atomic mass is 9.83. The molecule has 1 aliphatic carbocycles. The van der Waals surface area contributed by atoms with Gasteiger partial charge in [-0.25, -0.2) is 9.18 Å².